The smallest absolute Gasteiger partial charge is 0.294 e. The molecular formula is C9H11FO4S. The Morgan fingerprint density at radius 2 is 2.00 bits per heavy atom. The lowest BCUT2D eigenvalue weighted by atomic mass is 10.3. The van der Waals surface area contributed by atoms with Crippen LogP contribution in [-0.4, -0.2) is 19.1 Å². The fourth-order valence-electron chi connectivity index (χ4n) is 0.992. The van der Waals surface area contributed by atoms with E-state index in [9.17, 15) is 12.8 Å². The number of ether oxygens (including phenoxy) is 1. The lowest BCUT2D eigenvalue weighted by Crippen LogP contribution is -2.07. The van der Waals surface area contributed by atoms with E-state index in [-0.39, 0.29) is 11.9 Å². The summed E-state index contributed by atoms with van der Waals surface area (Å²) >= 11 is 0. The normalized spacial score (nSPS) is 11.8. The minimum absolute atomic E-state index is 0.0441. The summed E-state index contributed by atoms with van der Waals surface area (Å²) in [6, 6.07) is 2.96. The molecule has 0 aliphatic carbocycles. The van der Waals surface area contributed by atoms with Crippen molar-refractivity contribution in [2.24, 2.45) is 0 Å². The first-order valence-electron chi connectivity index (χ1n) is 4.24. The molecular weight excluding hydrogens is 223 g/mol. The molecule has 0 spiro atoms. The standard InChI is InChI=1S/C9H11FO4S/c1-6(2)14-9-4-3-7(5-8(9)10)15(11,12)13/h3-6H,1-2H3,(H,11,12,13). The number of hydrogen-bond acceptors (Lipinski definition) is 3. The van der Waals surface area contributed by atoms with Gasteiger partial charge in [0.15, 0.2) is 11.6 Å². The van der Waals surface area contributed by atoms with E-state index >= 15 is 0 Å². The molecule has 1 N–H and O–H groups in total. The monoisotopic (exact) mass is 234 g/mol. The minimum atomic E-state index is -4.37. The van der Waals surface area contributed by atoms with Gasteiger partial charge in [0, 0.05) is 0 Å². The lowest BCUT2D eigenvalue weighted by Gasteiger charge is -2.10. The van der Waals surface area contributed by atoms with Gasteiger partial charge in [-0.05, 0) is 32.0 Å². The Morgan fingerprint density at radius 1 is 1.40 bits per heavy atom. The SMILES string of the molecule is CC(C)Oc1ccc(S(=O)(=O)O)cc1F. The van der Waals surface area contributed by atoms with Crippen LogP contribution >= 0.6 is 0 Å². The van der Waals surface area contributed by atoms with Gasteiger partial charge in [0.2, 0.25) is 0 Å². The van der Waals surface area contributed by atoms with Crippen LogP contribution in [0.4, 0.5) is 4.39 Å². The van der Waals surface area contributed by atoms with E-state index < -0.39 is 20.8 Å². The molecule has 84 valence electrons. The summed E-state index contributed by atoms with van der Waals surface area (Å²) in [6.45, 7) is 3.44. The first kappa shape index (κ1) is 11.9. The third-order valence-corrected chi connectivity index (χ3v) is 2.41. The second kappa shape index (κ2) is 4.16. The van der Waals surface area contributed by atoms with Gasteiger partial charge in [0.1, 0.15) is 0 Å². The molecule has 1 aromatic carbocycles. The topological polar surface area (TPSA) is 63.6 Å². The van der Waals surface area contributed by atoms with Crippen LogP contribution in [0, 0.1) is 5.82 Å². The van der Waals surface area contributed by atoms with E-state index in [4.69, 9.17) is 9.29 Å². The Bertz CT molecular complexity index is 453. The van der Waals surface area contributed by atoms with E-state index in [1.165, 1.54) is 6.07 Å². The lowest BCUT2D eigenvalue weighted by molar-refractivity contribution is 0.231. The van der Waals surface area contributed by atoms with Gasteiger partial charge in [-0.15, -0.1) is 0 Å². The summed E-state index contributed by atoms with van der Waals surface area (Å²) in [5.74, 6) is -0.865. The van der Waals surface area contributed by atoms with Crippen molar-refractivity contribution in [3.63, 3.8) is 0 Å². The van der Waals surface area contributed by atoms with Crippen LogP contribution in [0.1, 0.15) is 13.8 Å². The van der Waals surface area contributed by atoms with E-state index in [0.717, 1.165) is 6.07 Å². The van der Waals surface area contributed by atoms with Crippen LogP contribution < -0.4 is 4.74 Å². The van der Waals surface area contributed by atoms with E-state index in [0.29, 0.717) is 6.07 Å². The van der Waals surface area contributed by atoms with Crippen molar-refractivity contribution >= 4 is 10.1 Å². The molecule has 1 aromatic rings. The highest BCUT2D eigenvalue weighted by atomic mass is 32.2. The van der Waals surface area contributed by atoms with Gasteiger partial charge in [-0.25, -0.2) is 4.39 Å². The average molecular weight is 234 g/mol. The number of halogens is 1. The molecule has 0 saturated heterocycles. The molecule has 6 heteroatoms. The van der Waals surface area contributed by atoms with Crippen molar-refractivity contribution < 1.29 is 22.1 Å². The molecule has 0 fully saturated rings. The van der Waals surface area contributed by atoms with Crippen LogP contribution in [0.25, 0.3) is 0 Å². The summed E-state index contributed by atoms with van der Waals surface area (Å²) in [6.07, 6.45) is -0.212. The summed E-state index contributed by atoms with van der Waals surface area (Å²) < 4.78 is 48.3. The molecule has 0 unspecified atom stereocenters. The molecule has 0 heterocycles. The maximum Gasteiger partial charge on any atom is 0.294 e. The Kier molecular flexibility index (Phi) is 3.31. The van der Waals surface area contributed by atoms with E-state index in [1.807, 2.05) is 0 Å². The van der Waals surface area contributed by atoms with Crippen molar-refractivity contribution in [1.82, 2.24) is 0 Å². The summed E-state index contributed by atoms with van der Waals surface area (Å²) in [4.78, 5) is -0.490. The van der Waals surface area contributed by atoms with Gasteiger partial charge in [0.25, 0.3) is 10.1 Å². The maximum absolute atomic E-state index is 13.2. The predicted octanol–water partition coefficient (Wildman–Crippen LogP) is 1.86. The third kappa shape index (κ3) is 3.17. The molecule has 0 aliphatic rings. The quantitative estimate of drug-likeness (QED) is 0.811. The fourth-order valence-corrected chi connectivity index (χ4v) is 1.48. The van der Waals surface area contributed by atoms with Crippen molar-refractivity contribution in [1.29, 1.82) is 0 Å². The van der Waals surface area contributed by atoms with Crippen LogP contribution in [0.5, 0.6) is 5.75 Å². The van der Waals surface area contributed by atoms with Crippen molar-refractivity contribution in [2.75, 3.05) is 0 Å². The zero-order chi connectivity index (χ0) is 11.6. The fraction of sp³-hybridized carbons (Fsp3) is 0.333. The highest BCUT2D eigenvalue weighted by Gasteiger charge is 2.13. The Balaban J connectivity index is 3.09. The van der Waals surface area contributed by atoms with E-state index in [2.05, 4.69) is 0 Å². The zero-order valence-electron chi connectivity index (χ0n) is 8.27. The largest absolute Gasteiger partial charge is 0.488 e. The van der Waals surface area contributed by atoms with Gasteiger partial charge in [-0.2, -0.15) is 8.42 Å². The maximum atomic E-state index is 13.2. The first-order chi connectivity index (χ1) is 6.80. The molecule has 0 radical (unpaired) electrons. The van der Waals surface area contributed by atoms with Gasteiger partial charge in [0.05, 0.1) is 11.0 Å². The van der Waals surface area contributed by atoms with Crippen LogP contribution in [0.3, 0.4) is 0 Å². The number of rotatable bonds is 3. The summed E-state index contributed by atoms with van der Waals surface area (Å²) in [5.41, 5.74) is 0. The molecule has 0 aliphatic heterocycles. The van der Waals surface area contributed by atoms with Crippen LogP contribution in [0.15, 0.2) is 23.1 Å². The highest BCUT2D eigenvalue weighted by molar-refractivity contribution is 7.85. The van der Waals surface area contributed by atoms with Gasteiger partial charge in [-0.1, -0.05) is 0 Å². The third-order valence-electron chi connectivity index (χ3n) is 1.56. The Morgan fingerprint density at radius 3 is 2.40 bits per heavy atom. The van der Waals surface area contributed by atoms with Crippen LogP contribution in [-0.2, 0) is 10.1 Å². The Hall–Kier alpha value is -1.14. The molecule has 4 nitrogen and oxygen atoms in total. The summed E-state index contributed by atoms with van der Waals surface area (Å²) in [7, 11) is -4.37. The second-order valence-electron chi connectivity index (χ2n) is 3.23. The predicted molar refractivity (Wildman–Crippen MR) is 52.0 cm³/mol. The van der Waals surface area contributed by atoms with Gasteiger partial charge in [-0.3, -0.25) is 4.55 Å². The van der Waals surface area contributed by atoms with Crippen molar-refractivity contribution in [3.8, 4) is 5.75 Å². The minimum Gasteiger partial charge on any atom is -0.488 e. The second-order valence-corrected chi connectivity index (χ2v) is 4.66. The van der Waals surface area contributed by atoms with Gasteiger partial charge >= 0.3 is 0 Å². The molecule has 0 bridgehead atoms. The molecule has 0 atom stereocenters. The molecule has 0 saturated carbocycles. The first-order valence-corrected chi connectivity index (χ1v) is 5.68. The molecule has 1 rings (SSSR count). The van der Waals surface area contributed by atoms with E-state index in [1.54, 1.807) is 13.8 Å². The Labute approximate surface area is 87.4 Å². The van der Waals surface area contributed by atoms with Crippen molar-refractivity contribution in [3.05, 3.63) is 24.0 Å². The zero-order valence-corrected chi connectivity index (χ0v) is 9.08. The molecule has 0 amide bonds. The summed E-state index contributed by atoms with van der Waals surface area (Å²) in [5, 5.41) is 0. The molecule has 15 heavy (non-hydrogen) atoms. The highest BCUT2D eigenvalue weighted by Crippen LogP contribution is 2.21. The average Bonchev–Trinajstić information content (AvgIpc) is 2.05. The van der Waals surface area contributed by atoms with Crippen molar-refractivity contribution in [2.45, 2.75) is 24.8 Å². The number of hydrogen-bond donors (Lipinski definition) is 1. The molecule has 0 aromatic heterocycles. The van der Waals surface area contributed by atoms with Crippen LogP contribution in [0.2, 0.25) is 0 Å². The number of benzene rings is 1. The van der Waals surface area contributed by atoms with Gasteiger partial charge < -0.3 is 4.74 Å².